The zero-order valence-electron chi connectivity index (χ0n) is 8.60. The summed E-state index contributed by atoms with van der Waals surface area (Å²) >= 11 is 3.39. The van der Waals surface area contributed by atoms with Crippen LogP contribution in [0, 0.1) is 0 Å². The van der Waals surface area contributed by atoms with Crippen LogP contribution >= 0.6 is 15.9 Å². The van der Waals surface area contributed by atoms with Crippen molar-refractivity contribution in [3.63, 3.8) is 0 Å². The van der Waals surface area contributed by atoms with Crippen LogP contribution in [0.2, 0.25) is 0 Å². The minimum Gasteiger partial charge on any atom is -0.508 e. The second kappa shape index (κ2) is 4.68. The maximum Gasteiger partial charge on any atom is 0.115 e. The first-order valence-electron chi connectivity index (χ1n) is 4.97. The minimum absolute atomic E-state index is 0.159. The van der Waals surface area contributed by atoms with Crippen molar-refractivity contribution in [2.75, 3.05) is 0 Å². The highest BCUT2D eigenvalue weighted by Gasteiger charge is 2.08. The van der Waals surface area contributed by atoms with Gasteiger partial charge in [-0.1, -0.05) is 40.2 Å². The maximum absolute atomic E-state index is 9.20. The third kappa shape index (κ3) is 2.43. The molecule has 0 fully saturated rings. The number of aromatic hydroxyl groups is 1. The molecule has 0 aliphatic heterocycles. The monoisotopic (exact) mass is 277 g/mol. The number of halogens is 1. The molecule has 0 unspecified atom stereocenters. The summed E-state index contributed by atoms with van der Waals surface area (Å²) in [5.41, 5.74) is 8.16. The molecular formula is C13H12BrNO. The van der Waals surface area contributed by atoms with Gasteiger partial charge in [0, 0.05) is 4.47 Å². The van der Waals surface area contributed by atoms with Gasteiger partial charge in [-0.25, -0.2) is 0 Å². The Morgan fingerprint density at radius 3 is 1.81 bits per heavy atom. The predicted molar refractivity (Wildman–Crippen MR) is 68.3 cm³/mol. The highest BCUT2D eigenvalue weighted by Crippen LogP contribution is 2.22. The zero-order valence-corrected chi connectivity index (χ0v) is 10.2. The van der Waals surface area contributed by atoms with Gasteiger partial charge < -0.3 is 10.8 Å². The van der Waals surface area contributed by atoms with E-state index in [1.165, 1.54) is 0 Å². The van der Waals surface area contributed by atoms with Gasteiger partial charge in [0.05, 0.1) is 6.04 Å². The molecule has 16 heavy (non-hydrogen) atoms. The first kappa shape index (κ1) is 11.2. The summed E-state index contributed by atoms with van der Waals surface area (Å²) in [4.78, 5) is 0. The molecule has 0 spiro atoms. The third-order valence-electron chi connectivity index (χ3n) is 2.48. The smallest absolute Gasteiger partial charge is 0.115 e. The molecular weight excluding hydrogens is 266 g/mol. The number of nitrogens with two attached hydrogens (primary N) is 1. The molecule has 0 aliphatic carbocycles. The van der Waals surface area contributed by atoms with Crippen LogP contribution in [-0.2, 0) is 0 Å². The van der Waals surface area contributed by atoms with Gasteiger partial charge in [0.25, 0.3) is 0 Å². The molecule has 0 aliphatic rings. The highest BCUT2D eigenvalue weighted by atomic mass is 79.9. The van der Waals surface area contributed by atoms with E-state index in [0.29, 0.717) is 0 Å². The largest absolute Gasteiger partial charge is 0.508 e. The molecule has 0 bridgehead atoms. The van der Waals surface area contributed by atoms with E-state index in [1.807, 2.05) is 36.4 Å². The van der Waals surface area contributed by atoms with E-state index in [1.54, 1.807) is 12.1 Å². The van der Waals surface area contributed by atoms with E-state index in [4.69, 9.17) is 5.73 Å². The fourth-order valence-corrected chi connectivity index (χ4v) is 1.81. The van der Waals surface area contributed by atoms with Crippen molar-refractivity contribution in [3.8, 4) is 5.75 Å². The molecule has 0 heterocycles. The lowest BCUT2D eigenvalue weighted by atomic mass is 10.00. The Morgan fingerprint density at radius 2 is 1.31 bits per heavy atom. The van der Waals surface area contributed by atoms with Crippen molar-refractivity contribution >= 4 is 15.9 Å². The van der Waals surface area contributed by atoms with Gasteiger partial charge in [-0.3, -0.25) is 0 Å². The number of hydrogen-bond donors (Lipinski definition) is 2. The summed E-state index contributed by atoms with van der Waals surface area (Å²) in [6.07, 6.45) is 0. The van der Waals surface area contributed by atoms with Gasteiger partial charge in [0.2, 0.25) is 0 Å². The van der Waals surface area contributed by atoms with E-state index in [-0.39, 0.29) is 11.8 Å². The van der Waals surface area contributed by atoms with Crippen molar-refractivity contribution < 1.29 is 5.11 Å². The van der Waals surface area contributed by atoms with Crippen LogP contribution in [0.3, 0.4) is 0 Å². The van der Waals surface area contributed by atoms with Crippen LogP contribution < -0.4 is 5.73 Å². The maximum atomic E-state index is 9.20. The van der Waals surface area contributed by atoms with Crippen LogP contribution in [0.1, 0.15) is 17.2 Å². The normalized spacial score (nSPS) is 12.4. The molecule has 2 aromatic carbocycles. The highest BCUT2D eigenvalue weighted by molar-refractivity contribution is 9.10. The van der Waals surface area contributed by atoms with Crippen LogP contribution in [0.5, 0.6) is 5.75 Å². The Labute approximate surface area is 103 Å². The zero-order chi connectivity index (χ0) is 11.5. The standard InChI is InChI=1S/C13H12BrNO/c14-11-5-1-9(2-6-11)13(15)10-3-7-12(16)8-4-10/h1-8,13,16H,15H2/t13-/m1/s1. The average Bonchev–Trinajstić information content (AvgIpc) is 2.30. The lowest BCUT2D eigenvalue weighted by molar-refractivity contribution is 0.475. The molecule has 0 radical (unpaired) electrons. The van der Waals surface area contributed by atoms with Crippen LogP contribution in [0.15, 0.2) is 53.0 Å². The number of phenols is 1. The van der Waals surface area contributed by atoms with Crippen molar-refractivity contribution in [1.82, 2.24) is 0 Å². The Balaban J connectivity index is 2.28. The molecule has 0 saturated heterocycles. The van der Waals surface area contributed by atoms with Crippen LogP contribution in [0.25, 0.3) is 0 Å². The summed E-state index contributed by atoms with van der Waals surface area (Å²) in [6.45, 7) is 0. The first-order chi connectivity index (χ1) is 7.66. The van der Waals surface area contributed by atoms with Crippen molar-refractivity contribution in [3.05, 3.63) is 64.1 Å². The summed E-state index contributed by atoms with van der Waals surface area (Å²) in [7, 11) is 0. The average molecular weight is 278 g/mol. The summed E-state index contributed by atoms with van der Waals surface area (Å²) in [5.74, 6) is 0.256. The number of rotatable bonds is 2. The quantitative estimate of drug-likeness (QED) is 0.886. The van der Waals surface area contributed by atoms with E-state index in [2.05, 4.69) is 15.9 Å². The van der Waals surface area contributed by atoms with E-state index in [9.17, 15) is 5.11 Å². The fourth-order valence-electron chi connectivity index (χ4n) is 1.54. The fraction of sp³-hybridized carbons (Fsp3) is 0.0769. The van der Waals surface area contributed by atoms with Gasteiger partial charge in [-0.15, -0.1) is 0 Å². The summed E-state index contributed by atoms with van der Waals surface area (Å²) in [6, 6.07) is 14.7. The first-order valence-corrected chi connectivity index (χ1v) is 5.76. The Bertz CT molecular complexity index is 419. The molecule has 3 heteroatoms. The topological polar surface area (TPSA) is 46.2 Å². The van der Waals surface area contributed by atoms with Gasteiger partial charge in [0.15, 0.2) is 0 Å². The molecule has 3 N–H and O–H groups in total. The second-order valence-electron chi connectivity index (χ2n) is 3.62. The SMILES string of the molecule is N[C@@H](c1ccc(O)cc1)c1ccc(Br)cc1. The Hall–Kier alpha value is -1.32. The molecule has 0 saturated carbocycles. The molecule has 1 atom stereocenters. The molecule has 2 rings (SSSR count). The third-order valence-corrected chi connectivity index (χ3v) is 3.01. The molecule has 2 nitrogen and oxygen atoms in total. The molecule has 82 valence electrons. The van der Waals surface area contributed by atoms with Crippen LogP contribution in [-0.4, -0.2) is 5.11 Å². The second-order valence-corrected chi connectivity index (χ2v) is 4.54. The lowest BCUT2D eigenvalue weighted by Crippen LogP contribution is -2.11. The van der Waals surface area contributed by atoms with Crippen molar-refractivity contribution in [2.24, 2.45) is 5.73 Å². The van der Waals surface area contributed by atoms with E-state index >= 15 is 0 Å². The Morgan fingerprint density at radius 1 is 0.875 bits per heavy atom. The molecule has 2 aromatic rings. The van der Waals surface area contributed by atoms with Gasteiger partial charge >= 0.3 is 0 Å². The lowest BCUT2D eigenvalue weighted by Gasteiger charge is -2.12. The van der Waals surface area contributed by atoms with E-state index < -0.39 is 0 Å². The Kier molecular flexibility index (Phi) is 3.27. The number of phenolic OH excluding ortho intramolecular Hbond substituents is 1. The van der Waals surface area contributed by atoms with Gasteiger partial charge in [-0.2, -0.15) is 0 Å². The molecule has 0 amide bonds. The number of hydrogen-bond acceptors (Lipinski definition) is 2. The van der Waals surface area contributed by atoms with Gasteiger partial charge in [-0.05, 0) is 35.4 Å². The minimum atomic E-state index is -0.159. The van der Waals surface area contributed by atoms with Crippen molar-refractivity contribution in [1.29, 1.82) is 0 Å². The van der Waals surface area contributed by atoms with E-state index in [0.717, 1.165) is 15.6 Å². The van der Waals surface area contributed by atoms with Gasteiger partial charge in [0.1, 0.15) is 5.75 Å². The summed E-state index contributed by atoms with van der Waals surface area (Å²) < 4.78 is 1.04. The molecule has 0 aromatic heterocycles. The number of benzene rings is 2. The van der Waals surface area contributed by atoms with Crippen LogP contribution in [0.4, 0.5) is 0 Å². The summed E-state index contributed by atoms with van der Waals surface area (Å²) in [5, 5.41) is 9.20. The van der Waals surface area contributed by atoms with Crippen molar-refractivity contribution in [2.45, 2.75) is 6.04 Å². The predicted octanol–water partition coefficient (Wildman–Crippen LogP) is 3.20.